The van der Waals surface area contributed by atoms with Crippen LogP contribution in [0.2, 0.25) is 0 Å². The smallest absolute Gasteiger partial charge is 0.304 e. The Labute approximate surface area is 69.2 Å². The summed E-state index contributed by atoms with van der Waals surface area (Å²) in [5.74, 6) is 0.439. The molecule has 1 rings (SSSR count). The number of carbonyl (C=O) groups excluding carboxylic acids is 1. The molecular weight excluding hydrogens is 164 g/mol. The number of hydrogen-bond donors (Lipinski definition) is 1. The SMILES string of the molecule is O=C(O)CC1CCSCC1=O. The van der Waals surface area contributed by atoms with E-state index >= 15 is 0 Å². The normalized spacial score (nSPS) is 25.1. The van der Waals surface area contributed by atoms with Gasteiger partial charge in [0.25, 0.3) is 0 Å². The van der Waals surface area contributed by atoms with E-state index in [1.165, 1.54) is 0 Å². The monoisotopic (exact) mass is 174 g/mol. The molecule has 1 N–H and O–H groups in total. The van der Waals surface area contributed by atoms with Crippen molar-refractivity contribution in [1.82, 2.24) is 0 Å². The average Bonchev–Trinajstić information content (AvgIpc) is 1.93. The summed E-state index contributed by atoms with van der Waals surface area (Å²) < 4.78 is 0. The fourth-order valence-electron chi connectivity index (χ4n) is 1.10. The van der Waals surface area contributed by atoms with Gasteiger partial charge in [0.2, 0.25) is 0 Å². The van der Waals surface area contributed by atoms with Crippen molar-refractivity contribution in [2.75, 3.05) is 11.5 Å². The summed E-state index contributed by atoms with van der Waals surface area (Å²) in [5, 5.41) is 8.42. The molecule has 0 bridgehead atoms. The molecule has 0 amide bonds. The first kappa shape index (κ1) is 8.59. The Bertz CT molecular complexity index is 179. The standard InChI is InChI=1S/C7H10O3S/c8-6-4-11-2-1-5(6)3-7(9)10/h5H,1-4H2,(H,9,10). The lowest BCUT2D eigenvalue weighted by Gasteiger charge is -2.17. The highest BCUT2D eigenvalue weighted by atomic mass is 32.2. The van der Waals surface area contributed by atoms with Gasteiger partial charge in [-0.05, 0) is 12.2 Å². The topological polar surface area (TPSA) is 54.4 Å². The Morgan fingerprint density at radius 2 is 2.45 bits per heavy atom. The lowest BCUT2D eigenvalue weighted by molar-refractivity contribution is -0.140. The number of carboxylic acid groups (broad SMARTS) is 1. The minimum absolute atomic E-state index is 0.0133. The Hall–Kier alpha value is -0.510. The first-order chi connectivity index (χ1) is 5.20. The number of hydrogen-bond acceptors (Lipinski definition) is 3. The third kappa shape index (κ3) is 2.54. The van der Waals surface area contributed by atoms with Crippen LogP contribution in [0.4, 0.5) is 0 Å². The molecule has 11 heavy (non-hydrogen) atoms. The van der Waals surface area contributed by atoms with Crippen LogP contribution in [0.5, 0.6) is 0 Å². The van der Waals surface area contributed by atoms with Crippen LogP contribution in [0.3, 0.4) is 0 Å². The molecule has 0 spiro atoms. The Kier molecular flexibility index (Phi) is 2.93. The number of aliphatic carboxylic acids is 1. The molecular formula is C7H10O3S. The number of carboxylic acids is 1. The molecule has 1 atom stereocenters. The van der Waals surface area contributed by atoms with Crippen molar-refractivity contribution in [3.8, 4) is 0 Å². The lowest BCUT2D eigenvalue weighted by Crippen LogP contribution is -2.24. The van der Waals surface area contributed by atoms with Crippen molar-refractivity contribution in [2.24, 2.45) is 5.92 Å². The molecule has 1 aliphatic heterocycles. The highest BCUT2D eigenvalue weighted by Gasteiger charge is 2.24. The van der Waals surface area contributed by atoms with Crippen LogP contribution in [0, 0.1) is 5.92 Å². The minimum atomic E-state index is -0.866. The first-order valence-electron chi connectivity index (χ1n) is 3.52. The van der Waals surface area contributed by atoms with E-state index in [4.69, 9.17) is 5.11 Å². The molecule has 0 radical (unpaired) electrons. The molecule has 0 aliphatic carbocycles. The Morgan fingerprint density at radius 3 is 3.00 bits per heavy atom. The van der Waals surface area contributed by atoms with Gasteiger partial charge in [0.05, 0.1) is 12.2 Å². The zero-order chi connectivity index (χ0) is 8.27. The molecule has 1 unspecified atom stereocenters. The quantitative estimate of drug-likeness (QED) is 0.672. The number of ketones is 1. The number of thioether (sulfide) groups is 1. The second kappa shape index (κ2) is 3.76. The predicted octanol–water partition coefficient (Wildman–Crippen LogP) is 0.783. The van der Waals surface area contributed by atoms with E-state index in [-0.39, 0.29) is 18.1 Å². The maximum atomic E-state index is 11.0. The molecule has 0 aromatic heterocycles. The van der Waals surface area contributed by atoms with Crippen molar-refractivity contribution in [1.29, 1.82) is 0 Å². The maximum absolute atomic E-state index is 11.0. The van der Waals surface area contributed by atoms with E-state index in [1.54, 1.807) is 11.8 Å². The molecule has 4 heteroatoms. The molecule has 0 saturated carbocycles. The van der Waals surface area contributed by atoms with E-state index in [0.29, 0.717) is 5.75 Å². The van der Waals surface area contributed by atoms with Gasteiger partial charge in [-0.25, -0.2) is 0 Å². The van der Waals surface area contributed by atoms with Crippen molar-refractivity contribution in [3.05, 3.63) is 0 Å². The maximum Gasteiger partial charge on any atom is 0.304 e. The van der Waals surface area contributed by atoms with Crippen LogP contribution in [0.15, 0.2) is 0 Å². The zero-order valence-corrected chi connectivity index (χ0v) is 6.89. The highest BCUT2D eigenvalue weighted by Crippen LogP contribution is 2.22. The number of rotatable bonds is 2. The van der Waals surface area contributed by atoms with Crippen LogP contribution in [-0.2, 0) is 9.59 Å². The summed E-state index contributed by atoms with van der Waals surface area (Å²) in [6.45, 7) is 0. The molecule has 1 fully saturated rings. The van der Waals surface area contributed by atoms with E-state index < -0.39 is 5.97 Å². The fraction of sp³-hybridized carbons (Fsp3) is 0.714. The third-order valence-corrected chi connectivity index (χ3v) is 2.74. The lowest BCUT2D eigenvalue weighted by atomic mass is 9.98. The average molecular weight is 174 g/mol. The van der Waals surface area contributed by atoms with Crippen LogP contribution in [-0.4, -0.2) is 28.4 Å². The summed E-state index contributed by atoms with van der Waals surface area (Å²) in [5.41, 5.74) is 0. The fourth-order valence-corrected chi connectivity index (χ4v) is 2.14. The minimum Gasteiger partial charge on any atom is -0.481 e. The Balaban J connectivity index is 2.42. The summed E-state index contributed by atoms with van der Waals surface area (Å²) in [7, 11) is 0. The van der Waals surface area contributed by atoms with E-state index in [0.717, 1.165) is 12.2 Å². The van der Waals surface area contributed by atoms with Crippen LogP contribution in [0.1, 0.15) is 12.8 Å². The Morgan fingerprint density at radius 1 is 1.73 bits per heavy atom. The van der Waals surface area contributed by atoms with E-state index in [1.807, 2.05) is 0 Å². The summed E-state index contributed by atoms with van der Waals surface area (Å²) in [6.07, 6.45) is 0.745. The summed E-state index contributed by atoms with van der Waals surface area (Å²) >= 11 is 1.59. The van der Waals surface area contributed by atoms with Crippen molar-refractivity contribution in [2.45, 2.75) is 12.8 Å². The van der Waals surface area contributed by atoms with Gasteiger partial charge in [-0.3, -0.25) is 9.59 Å². The highest BCUT2D eigenvalue weighted by molar-refractivity contribution is 8.00. The molecule has 3 nitrogen and oxygen atoms in total. The van der Waals surface area contributed by atoms with Gasteiger partial charge in [0, 0.05) is 5.92 Å². The molecule has 0 aromatic rings. The van der Waals surface area contributed by atoms with Gasteiger partial charge >= 0.3 is 5.97 Å². The van der Waals surface area contributed by atoms with Gasteiger partial charge in [-0.1, -0.05) is 0 Å². The van der Waals surface area contributed by atoms with Gasteiger partial charge < -0.3 is 5.11 Å². The molecule has 62 valence electrons. The molecule has 1 saturated heterocycles. The zero-order valence-electron chi connectivity index (χ0n) is 6.08. The summed E-state index contributed by atoms with van der Waals surface area (Å²) in [6, 6.07) is 0. The van der Waals surface area contributed by atoms with Gasteiger partial charge in [-0.2, -0.15) is 11.8 Å². The van der Waals surface area contributed by atoms with Crippen LogP contribution < -0.4 is 0 Å². The molecule has 1 aliphatic rings. The second-order valence-corrected chi connectivity index (χ2v) is 3.71. The van der Waals surface area contributed by atoms with Gasteiger partial charge in [-0.15, -0.1) is 0 Å². The van der Waals surface area contributed by atoms with Gasteiger partial charge in [0.1, 0.15) is 5.78 Å². The predicted molar refractivity (Wildman–Crippen MR) is 42.7 cm³/mol. The number of Topliss-reactive ketones (excluding diaryl/α,β-unsaturated/α-hetero) is 1. The van der Waals surface area contributed by atoms with Gasteiger partial charge in [0.15, 0.2) is 0 Å². The molecule has 0 aromatic carbocycles. The third-order valence-electron chi connectivity index (χ3n) is 1.73. The van der Waals surface area contributed by atoms with E-state index in [2.05, 4.69) is 0 Å². The van der Waals surface area contributed by atoms with Crippen molar-refractivity contribution < 1.29 is 14.7 Å². The van der Waals surface area contributed by atoms with Crippen LogP contribution >= 0.6 is 11.8 Å². The van der Waals surface area contributed by atoms with E-state index in [9.17, 15) is 9.59 Å². The molecule has 1 heterocycles. The van der Waals surface area contributed by atoms with Crippen LogP contribution in [0.25, 0.3) is 0 Å². The largest absolute Gasteiger partial charge is 0.481 e. The van der Waals surface area contributed by atoms with Crippen molar-refractivity contribution >= 4 is 23.5 Å². The second-order valence-electron chi connectivity index (χ2n) is 2.60. The summed E-state index contributed by atoms with van der Waals surface area (Å²) in [4.78, 5) is 21.3. The number of carbonyl (C=O) groups is 2. The first-order valence-corrected chi connectivity index (χ1v) is 4.68. The van der Waals surface area contributed by atoms with Crippen molar-refractivity contribution in [3.63, 3.8) is 0 Å².